The summed E-state index contributed by atoms with van der Waals surface area (Å²) in [6.45, 7) is 0. The summed E-state index contributed by atoms with van der Waals surface area (Å²) in [4.78, 5) is 20.2. The fourth-order valence-electron chi connectivity index (χ4n) is 1.93. The zero-order chi connectivity index (χ0) is 12.5. The van der Waals surface area contributed by atoms with E-state index in [0.717, 1.165) is 17.4 Å². The first-order valence-corrected chi connectivity index (χ1v) is 5.62. The summed E-state index contributed by atoms with van der Waals surface area (Å²) >= 11 is 0. The van der Waals surface area contributed by atoms with Crippen LogP contribution in [0.1, 0.15) is 15.9 Å². The molecule has 0 saturated heterocycles. The number of allylic oxidation sites excluding steroid dienone is 2. The molecule has 1 aliphatic rings. The highest BCUT2D eigenvalue weighted by Crippen LogP contribution is 2.27. The minimum Gasteiger partial charge on any atom is -0.445 e. The quantitative estimate of drug-likeness (QED) is 0.830. The van der Waals surface area contributed by atoms with Gasteiger partial charge in [-0.25, -0.2) is 4.99 Å². The van der Waals surface area contributed by atoms with Crippen molar-refractivity contribution in [2.75, 3.05) is 7.05 Å². The number of pyridine rings is 1. The Morgan fingerprint density at radius 3 is 3.22 bits per heavy atom. The Labute approximate surface area is 103 Å². The number of aromatic nitrogens is 1. The minimum absolute atomic E-state index is 0.178. The van der Waals surface area contributed by atoms with Crippen LogP contribution < -0.4 is 5.32 Å². The van der Waals surface area contributed by atoms with Crippen LogP contribution in [0.3, 0.4) is 0 Å². The largest absolute Gasteiger partial charge is 0.445 e. The SMILES string of the molecule is CNC(=O)c1coc2nc3c(cc12)CC=CC=N3. The van der Waals surface area contributed by atoms with E-state index in [4.69, 9.17) is 4.42 Å². The van der Waals surface area contributed by atoms with E-state index in [0.29, 0.717) is 17.1 Å². The van der Waals surface area contributed by atoms with Gasteiger partial charge in [0.15, 0.2) is 5.82 Å². The molecule has 0 aliphatic carbocycles. The number of fused-ring (bicyclic) bond motifs is 2. The zero-order valence-electron chi connectivity index (χ0n) is 9.80. The number of nitrogens with one attached hydrogen (secondary N) is 1. The predicted molar refractivity (Wildman–Crippen MR) is 68.4 cm³/mol. The van der Waals surface area contributed by atoms with Crippen molar-refractivity contribution in [2.45, 2.75) is 6.42 Å². The number of carbonyl (C=O) groups excluding carboxylic acids is 1. The van der Waals surface area contributed by atoms with Crippen LogP contribution >= 0.6 is 0 Å². The smallest absolute Gasteiger partial charge is 0.254 e. The van der Waals surface area contributed by atoms with Gasteiger partial charge < -0.3 is 9.73 Å². The zero-order valence-corrected chi connectivity index (χ0v) is 9.80. The van der Waals surface area contributed by atoms with Gasteiger partial charge in [-0.2, -0.15) is 4.98 Å². The van der Waals surface area contributed by atoms with Crippen LogP contribution in [0.2, 0.25) is 0 Å². The first-order valence-electron chi connectivity index (χ1n) is 5.62. The molecule has 3 heterocycles. The average molecular weight is 241 g/mol. The molecule has 0 bridgehead atoms. The monoisotopic (exact) mass is 241 g/mol. The molecule has 0 spiro atoms. The molecular weight excluding hydrogens is 230 g/mol. The average Bonchev–Trinajstić information content (AvgIpc) is 2.65. The van der Waals surface area contributed by atoms with Crippen LogP contribution in [0.4, 0.5) is 5.82 Å². The molecule has 18 heavy (non-hydrogen) atoms. The second-order valence-corrected chi connectivity index (χ2v) is 3.96. The maximum Gasteiger partial charge on any atom is 0.254 e. The lowest BCUT2D eigenvalue weighted by Gasteiger charge is -2.01. The topological polar surface area (TPSA) is 67.5 Å². The van der Waals surface area contributed by atoms with Gasteiger partial charge in [-0.1, -0.05) is 6.08 Å². The standard InChI is InChI=1S/C13H11N3O2/c1-14-12(17)10-7-18-13-9(10)6-8-4-2-3-5-15-11(8)16-13/h2-3,5-7H,4H2,1H3,(H,14,17). The molecule has 2 aromatic heterocycles. The van der Waals surface area contributed by atoms with Crippen molar-refractivity contribution in [3.8, 4) is 0 Å². The highest BCUT2D eigenvalue weighted by molar-refractivity contribution is 6.05. The number of hydrogen-bond donors (Lipinski definition) is 1. The van der Waals surface area contributed by atoms with E-state index >= 15 is 0 Å². The van der Waals surface area contributed by atoms with Crippen molar-refractivity contribution >= 4 is 29.0 Å². The lowest BCUT2D eigenvalue weighted by Crippen LogP contribution is -2.17. The van der Waals surface area contributed by atoms with Gasteiger partial charge in [0.1, 0.15) is 6.26 Å². The van der Waals surface area contributed by atoms with Gasteiger partial charge in [0.2, 0.25) is 5.71 Å². The molecule has 90 valence electrons. The summed E-state index contributed by atoms with van der Waals surface area (Å²) in [5, 5.41) is 3.30. The van der Waals surface area contributed by atoms with Crippen LogP contribution in [0.25, 0.3) is 11.1 Å². The molecular formula is C13H11N3O2. The Morgan fingerprint density at radius 2 is 2.39 bits per heavy atom. The first-order chi connectivity index (χ1) is 8.79. The van der Waals surface area contributed by atoms with Crippen LogP contribution in [0.15, 0.2) is 33.9 Å². The van der Waals surface area contributed by atoms with E-state index in [9.17, 15) is 4.79 Å². The minimum atomic E-state index is -0.178. The summed E-state index contributed by atoms with van der Waals surface area (Å²) in [5.41, 5.74) is 1.92. The van der Waals surface area contributed by atoms with E-state index in [2.05, 4.69) is 15.3 Å². The van der Waals surface area contributed by atoms with Crippen molar-refractivity contribution < 1.29 is 9.21 Å². The van der Waals surface area contributed by atoms with Crippen molar-refractivity contribution in [1.29, 1.82) is 0 Å². The van der Waals surface area contributed by atoms with Crippen LogP contribution in [-0.2, 0) is 6.42 Å². The first kappa shape index (κ1) is 10.7. The lowest BCUT2D eigenvalue weighted by atomic mass is 10.1. The van der Waals surface area contributed by atoms with Crippen LogP contribution in [0.5, 0.6) is 0 Å². The van der Waals surface area contributed by atoms with E-state index in [1.807, 2.05) is 18.2 Å². The van der Waals surface area contributed by atoms with Gasteiger partial charge >= 0.3 is 0 Å². The maximum atomic E-state index is 11.7. The summed E-state index contributed by atoms with van der Waals surface area (Å²) in [6.07, 6.45) is 7.75. The van der Waals surface area contributed by atoms with E-state index in [-0.39, 0.29) is 5.91 Å². The van der Waals surface area contributed by atoms with Gasteiger partial charge in [0.25, 0.3) is 5.91 Å². The van der Waals surface area contributed by atoms with Crippen molar-refractivity contribution in [3.05, 3.63) is 35.6 Å². The van der Waals surface area contributed by atoms with Crippen LogP contribution in [0, 0.1) is 0 Å². The van der Waals surface area contributed by atoms with E-state index in [1.165, 1.54) is 6.26 Å². The second-order valence-electron chi connectivity index (χ2n) is 3.96. The molecule has 0 atom stereocenters. The Balaban J connectivity index is 2.22. The normalized spacial score (nSPS) is 13.4. The van der Waals surface area contributed by atoms with Crippen LogP contribution in [-0.4, -0.2) is 24.2 Å². The molecule has 0 fully saturated rings. The molecule has 5 nitrogen and oxygen atoms in total. The molecule has 1 amide bonds. The van der Waals surface area contributed by atoms with Gasteiger partial charge in [0.05, 0.1) is 10.9 Å². The van der Waals surface area contributed by atoms with Crippen molar-refractivity contribution in [3.63, 3.8) is 0 Å². The third-order valence-corrected chi connectivity index (χ3v) is 2.85. The molecule has 2 aromatic rings. The van der Waals surface area contributed by atoms with Crippen molar-refractivity contribution in [1.82, 2.24) is 10.3 Å². The van der Waals surface area contributed by atoms with E-state index in [1.54, 1.807) is 13.3 Å². The summed E-state index contributed by atoms with van der Waals surface area (Å²) in [6, 6.07) is 1.92. The van der Waals surface area contributed by atoms with Gasteiger partial charge in [-0.15, -0.1) is 0 Å². The molecule has 0 saturated carbocycles. The summed E-state index contributed by atoms with van der Waals surface area (Å²) in [7, 11) is 1.59. The molecule has 1 aliphatic heterocycles. The number of nitrogens with zero attached hydrogens (tertiary/aromatic N) is 2. The number of amides is 1. The molecule has 5 heteroatoms. The number of rotatable bonds is 1. The number of carbonyl (C=O) groups is 1. The molecule has 0 aromatic carbocycles. The Bertz CT molecular complexity index is 683. The molecule has 0 unspecified atom stereocenters. The fraction of sp³-hybridized carbons (Fsp3) is 0.154. The molecule has 1 N–H and O–H groups in total. The van der Waals surface area contributed by atoms with Crippen molar-refractivity contribution in [2.24, 2.45) is 4.99 Å². The summed E-state index contributed by atoms with van der Waals surface area (Å²) < 4.78 is 5.31. The highest BCUT2D eigenvalue weighted by atomic mass is 16.3. The van der Waals surface area contributed by atoms with Gasteiger partial charge in [-0.05, 0) is 18.6 Å². The van der Waals surface area contributed by atoms with E-state index < -0.39 is 0 Å². The molecule has 3 rings (SSSR count). The third kappa shape index (κ3) is 1.60. The Hall–Kier alpha value is -2.43. The summed E-state index contributed by atoms with van der Waals surface area (Å²) in [5.74, 6) is 0.466. The number of hydrogen-bond acceptors (Lipinski definition) is 4. The maximum absolute atomic E-state index is 11.7. The number of aliphatic imine (C=N–C) groups is 1. The third-order valence-electron chi connectivity index (χ3n) is 2.85. The fourth-order valence-corrected chi connectivity index (χ4v) is 1.93. The highest BCUT2D eigenvalue weighted by Gasteiger charge is 2.16. The lowest BCUT2D eigenvalue weighted by molar-refractivity contribution is 0.0964. The Kier molecular flexibility index (Phi) is 2.44. The predicted octanol–water partition coefficient (Wildman–Crippen LogP) is 2.00. The Morgan fingerprint density at radius 1 is 1.50 bits per heavy atom. The second kappa shape index (κ2) is 4.10. The number of furan rings is 1. The van der Waals surface area contributed by atoms with Gasteiger partial charge in [-0.3, -0.25) is 4.79 Å². The molecule has 0 radical (unpaired) electrons. The van der Waals surface area contributed by atoms with Gasteiger partial charge in [0, 0.05) is 18.8 Å².